The van der Waals surface area contributed by atoms with E-state index in [-0.39, 0.29) is 0 Å². The summed E-state index contributed by atoms with van der Waals surface area (Å²) in [6, 6.07) is 3.80. The SMILES string of the molecule is CCNC(=NCc1ccco1)N(C)Cc1csc(C)n1. The van der Waals surface area contributed by atoms with Crippen molar-refractivity contribution in [1.29, 1.82) is 0 Å². The molecule has 0 aliphatic rings. The summed E-state index contributed by atoms with van der Waals surface area (Å²) in [5.74, 6) is 1.72. The van der Waals surface area contributed by atoms with Crippen LogP contribution in [0, 0.1) is 6.92 Å². The monoisotopic (exact) mass is 292 g/mol. The number of thiazole rings is 1. The fraction of sp³-hybridized carbons (Fsp3) is 0.429. The van der Waals surface area contributed by atoms with E-state index in [1.54, 1.807) is 17.6 Å². The van der Waals surface area contributed by atoms with Crippen molar-refractivity contribution in [2.45, 2.75) is 26.9 Å². The molecule has 0 bridgehead atoms. The van der Waals surface area contributed by atoms with Crippen LogP contribution < -0.4 is 5.32 Å². The maximum atomic E-state index is 5.30. The van der Waals surface area contributed by atoms with Gasteiger partial charge in [-0.15, -0.1) is 11.3 Å². The third kappa shape index (κ3) is 4.09. The highest BCUT2D eigenvalue weighted by atomic mass is 32.1. The molecule has 0 fully saturated rings. The summed E-state index contributed by atoms with van der Waals surface area (Å²) >= 11 is 1.67. The van der Waals surface area contributed by atoms with E-state index in [2.05, 4.69) is 32.5 Å². The average molecular weight is 292 g/mol. The lowest BCUT2D eigenvalue weighted by atomic mass is 10.4. The van der Waals surface area contributed by atoms with Crippen LogP contribution in [0.2, 0.25) is 0 Å². The molecule has 108 valence electrons. The lowest BCUT2D eigenvalue weighted by molar-refractivity contribution is 0.465. The number of aliphatic imine (C=N–C) groups is 1. The van der Waals surface area contributed by atoms with E-state index < -0.39 is 0 Å². The predicted octanol–water partition coefficient (Wildman–Crippen LogP) is 2.64. The molecule has 2 rings (SSSR count). The number of nitrogens with one attached hydrogen (secondary N) is 1. The second-order valence-electron chi connectivity index (χ2n) is 4.46. The van der Waals surface area contributed by atoms with Crippen molar-refractivity contribution < 1.29 is 4.42 Å². The van der Waals surface area contributed by atoms with Crippen molar-refractivity contribution >= 4 is 17.3 Å². The normalized spacial score (nSPS) is 11.7. The van der Waals surface area contributed by atoms with Crippen LogP contribution in [0.1, 0.15) is 23.4 Å². The summed E-state index contributed by atoms with van der Waals surface area (Å²) in [5.41, 5.74) is 1.07. The first-order valence-electron chi connectivity index (χ1n) is 6.62. The zero-order chi connectivity index (χ0) is 14.4. The third-order valence-electron chi connectivity index (χ3n) is 2.73. The lowest BCUT2D eigenvalue weighted by Gasteiger charge is -2.20. The number of nitrogens with zero attached hydrogens (tertiary/aromatic N) is 3. The second kappa shape index (κ2) is 7.09. The third-order valence-corrected chi connectivity index (χ3v) is 3.55. The molecule has 2 aromatic heterocycles. The molecular weight excluding hydrogens is 272 g/mol. The maximum absolute atomic E-state index is 5.30. The predicted molar refractivity (Wildman–Crippen MR) is 81.8 cm³/mol. The number of guanidine groups is 1. The quantitative estimate of drug-likeness (QED) is 0.680. The lowest BCUT2D eigenvalue weighted by Crippen LogP contribution is -2.38. The molecule has 0 aromatic carbocycles. The van der Waals surface area contributed by atoms with E-state index >= 15 is 0 Å². The van der Waals surface area contributed by atoms with Gasteiger partial charge in [0.15, 0.2) is 5.96 Å². The van der Waals surface area contributed by atoms with Gasteiger partial charge in [-0.2, -0.15) is 0 Å². The van der Waals surface area contributed by atoms with Gasteiger partial charge in [-0.3, -0.25) is 0 Å². The Labute approximate surface area is 123 Å². The number of hydrogen-bond donors (Lipinski definition) is 1. The molecule has 0 radical (unpaired) electrons. The number of furan rings is 1. The Morgan fingerprint density at radius 1 is 1.55 bits per heavy atom. The van der Waals surface area contributed by atoms with Crippen molar-refractivity contribution in [2.75, 3.05) is 13.6 Å². The van der Waals surface area contributed by atoms with Crippen LogP contribution in [0.3, 0.4) is 0 Å². The van der Waals surface area contributed by atoms with E-state index in [4.69, 9.17) is 4.42 Å². The van der Waals surface area contributed by atoms with Gasteiger partial charge >= 0.3 is 0 Å². The minimum Gasteiger partial charge on any atom is -0.467 e. The highest BCUT2D eigenvalue weighted by Crippen LogP contribution is 2.10. The summed E-state index contributed by atoms with van der Waals surface area (Å²) < 4.78 is 5.30. The van der Waals surface area contributed by atoms with E-state index in [9.17, 15) is 0 Å². The Kier molecular flexibility index (Phi) is 5.17. The fourth-order valence-corrected chi connectivity index (χ4v) is 2.43. The molecule has 0 atom stereocenters. The molecule has 2 aromatic rings. The van der Waals surface area contributed by atoms with Crippen molar-refractivity contribution in [3.05, 3.63) is 40.2 Å². The Morgan fingerprint density at radius 2 is 2.40 bits per heavy atom. The fourth-order valence-electron chi connectivity index (χ4n) is 1.82. The average Bonchev–Trinajstić information content (AvgIpc) is 3.06. The number of aryl methyl sites for hydroxylation is 1. The molecular formula is C14H20N4OS. The molecule has 0 saturated carbocycles. The van der Waals surface area contributed by atoms with Crippen LogP contribution in [0.5, 0.6) is 0 Å². The highest BCUT2D eigenvalue weighted by Gasteiger charge is 2.08. The topological polar surface area (TPSA) is 53.7 Å². The van der Waals surface area contributed by atoms with Gasteiger partial charge in [0, 0.05) is 19.0 Å². The summed E-state index contributed by atoms with van der Waals surface area (Å²) in [4.78, 5) is 11.1. The van der Waals surface area contributed by atoms with Crippen molar-refractivity contribution in [1.82, 2.24) is 15.2 Å². The minimum atomic E-state index is 0.537. The molecule has 0 aliphatic carbocycles. The first kappa shape index (κ1) is 14.6. The molecule has 6 heteroatoms. The summed E-state index contributed by atoms with van der Waals surface area (Å²) in [6.07, 6.45) is 1.67. The standard InChI is InChI=1S/C14H20N4OS/c1-4-15-14(16-8-13-6-5-7-19-13)18(3)9-12-10-20-11(2)17-12/h5-7,10H,4,8-9H2,1-3H3,(H,15,16). The first-order chi connectivity index (χ1) is 9.69. The Morgan fingerprint density at radius 3 is 3.00 bits per heavy atom. The highest BCUT2D eigenvalue weighted by molar-refractivity contribution is 7.09. The molecule has 0 spiro atoms. The molecule has 1 N–H and O–H groups in total. The van der Waals surface area contributed by atoms with E-state index in [0.29, 0.717) is 6.54 Å². The maximum Gasteiger partial charge on any atom is 0.194 e. The Balaban J connectivity index is 2.01. The van der Waals surface area contributed by atoms with E-state index in [1.807, 2.05) is 26.1 Å². The van der Waals surface area contributed by atoms with Gasteiger partial charge in [0.05, 0.1) is 23.5 Å². The summed E-state index contributed by atoms with van der Waals surface area (Å²) in [5, 5.41) is 6.46. The van der Waals surface area contributed by atoms with E-state index in [1.165, 1.54) is 0 Å². The minimum absolute atomic E-state index is 0.537. The molecule has 20 heavy (non-hydrogen) atoms. The molecule has 2 heterocycles. The van der Waals surface area contributed by atoms with E-state index in [0.717, 1.165) is 35.5 Å². The number of hydrogen-bond acceptors (Lipinski definition) is 4. The van der Waals surface area contributed by atoms with Crippen molar-refractivity contribution in [2.24, 2.45) is 4.99 Å². The molecule has 0 amide bonds. The van der Waals surface area contributed by atoms with Gasteiger partial charge in [-0.05, 0) is 26.0 Å². The Bertz CT molecular complexity index is 547. The molecule has 0 unspecified atom stereocenters. The van der Waals surface area contributed by atoms with Crippen LogP contribution in [0.15, 0.2) is 33.2 Å². The molecule has 5 nitrogen and oxygen atoms in total. The van der Waals surface area contributed by atoms with Gasteiger partial charge in [0.1, 0.15) is 12.3 Å². The second-order valence-corrected chi connectivity index (χ2v) is 5.53. The van der Waals surface area contributed by atoms with Crippen LogP contribution in [-0.4, -0.2) is 29.4 Å². The van der Waals surface area contributed by atoms with Crippen LogP contribution in [0.4, 0.5) is 0 Å². The van der Waals surface area contributed by atoms with Crippen LogP contribution in [-0.2, 0) is 13.1 Å². The number of aromatic nitrogens is 1. The van der Waals surface area contributed by atoms with Crippen molar-refractivity contribution in [3.63, 3.8) is 0 Å². The van der Waals surface area contributed by atoms with Gasteiger partial charge < -0.3 is 14.6 Å². The largest absolute Gasteiger partial charge is 0.467 e. The Hall–Kier alpha value is -1.82. The van der Waals surface area contributed by atoms with Crippen LogP contribution in [0.25, 0.3) is 0 Å². The zero-order valence-corrected chi connectivity index (χ0v) is 12.9. The van der Waals surface area contributed by atoms with Gasteiger partial charge in [-0.25, -0.2) is 9.98 Å². The summed E-state index contributed by atoms with van der Waals surface area (Å²) in [6.45, 7) is 6.19. The summed E-state index contributed by atoms with van der Waals surface area (Å²) in [7, 11) is 2.01. The zero-order valence-electron chi connectivity index (χ0n) is 12.1. The van der Waals surface area contributed by atoms with Gasteiger partial charge in [-0.1, -0.05) is 0 Å². The molecule has 0 saturated heterocycles. The first-order valence-corrected chi connectivity index (χ1v) is 7.50. The van der Waals surface area contributed by atoms with Gasteiger partial charge in [0.2, 0.25) is 0 Å². The molecule has 0 aliphatic heterocycles. The van der Waals surface area contributed by atoms with Crippen LogP contribution >= 0.6 is 11.3 Å². The smallest absolute Gasteiger partial charge is 0.194 e. The van der Waals surface area contributed by atoms with Crippen molar-refractivity contribution in [3.8, 4) is 0 Å². The van der Waals surface area contributed by atoms with Gasteiger partial charge in [0.25, 0.3) is 0 Å². The number of rotatable bonds is 5.